The summed E-state index contributed by atoms with van der Waals surface area (Å²) in [6, 6.07) is 6.02. The number of amides is 1. The molecule has 1 aromatic carbocycles. The van der Waals surface area contributed by atoms with Crippen molar-refractivity contribution in [1.82, 2.24) is 20.3 Å². The van der Waals surface area contributed by atoms with E-state index in [0.29, 0.717) is 11.4 Å². The first kappa shape index (κ1) is 12.3. The summed E-state index contributed by atoms with van der Waals surface area (Å²) < 4.78 is 0. The first-order valence-corrected chi connectivity index (χ1v) is 5.76. The van der Waals surface area contributed by atoms with Crippen LogP contribution in [0.3, 0.4) is 0 Å². The monoisotopic (exact) mass is 244 g/mol. The Kier molecular flexibility index (Phi) is 3.14. The van der Waals surface area contributed by atoms with Gasteiger partial charge in [-0.05, 0) is 32.4 Å². The van der Waals surface area contributed by atoms with Gasteiger partial charge in [-0.25, -0.2) is 0 Å². The highest BCUT2D eigenvalue weighted by molar-refractivity contribution is 5.92. The Labute approximate surface area is 106 Å². The molecular formula is C13H16N4O. The lowest BCUT2D eigenvalue weighted by atomic mass is 10.1. The second-order valence-corrected chi connectivity index (χ2v) is 4.29. The topological polar surface area (TPSA) is 59.8 Å². The van der Waals surface area contributed by atoms with E-state index < -0.39 is 0 Å². The van der Waals surface area contributed by atoms with E-state index in [2.05, 4.69) is 21.6 Å². The van der Waals surface area contributed by atoms with Crippen LogP contribution in [0.5, 0.6) is 0 Å². The second-order valence-electron chi connectivity index (χ2n) is 4.29. The maximum atomic E-state index is 11.6. The van der Waals surface area contributed by atoms with Gasteiger partial charge in [-0.15, -0.1) is 5.10 Å². The van der Waals surface area contributed by atoms with Gasteiger partial charge >= 0.3 is 0 Å². The molecule has 1 amide bonds. The lowest BCUT2D eigenvalue weighted by molar-refractivity contribution is 0.0957. The van der Waals surface area contributed by atoms with Crippen LogP contribution in [0.15, 0.2) is 18.2 Å². The third-order valence-electron chi connectivity index (χ3n) is 2.79. The maximum absolute atomic E-state index is 11.6. The summed E-state index contributed by atoms with van der Waals surface area (Å²) >= 11 is 0. The zero-order chi connectivity index (χ0) is 13.3. The van der Waals surface area contributed by atoms with E-state index in [1.54, 1.807) is 14.0 Å². The van der Waals surface area contributed by atoms with Crippen molar-refractivity contribution in [2.75, 3.05) is 7.05 Å². The Hall–Kier alpha value is -2.17. The van der Waals surface area contributed by atoms with Crippen LogP contribution < -0.4 is 5.32 Å². The fourth-order valence-corrected chi connectivity index (χ4v) is 1.84. The standard InChI is InChI=1S/C13H16N4O/c1-8-5-6-11(9(2)7-8)17-15-10(3)12(16-17)13(18)14-4/h5-7H,1-4H3,(H,14,18). The molecule has 0 bridgehead atoms. The average Bonchev–Trinajstić information content (AvgIpc) is 2.70. The SMILES string of the molecule is CNC(=O)c1nn(-c2ccc(C)cc2C)nc1C. The Morgan fingerprint density at radius 2 is 1.94 bits per heavy atom. The molecule has 94 valence electrons. The van der Waals surface area contributed by atoms with E-state index in [1.807, 2.05) is 26.0 Å². The summed E-state index contributed by atoms with van der Waals surface area (Å²) in [6.07, 6.45) is 0. The summed E-state index contributed by atoms with van der Waals surface area (Å²) in [4.78, 5) is 13.1. The van der Waals surface area contributed by atoms with Crippen LogP contribution in [0, 0.1) is 20.8 Å². The van der Waals surface area contributed by atoms with Crippen LogP contribution in [-0.2, 0) is 0 Å². The van der Waals surface area contributed by atoms with E-state index in [9.17, 15) is 4.79 Å². The molecule has 0 aliphatic carbocycles. The van der Waals surface area contributed by atoms with Crippen molar-refractivity contribution in [2.45, 2.75) is 20.8 Å². The van der Waals surface area contributed by atoms with Crippen molar-refractivity contribution in [3.63, 3.8) is 0 Å². The van der Waals surface area contributed by atoms with E-state index in [0.717, 1.165) is 11.3 Å². The number of aryl methyl sites for hydroxylation is 3. The Morgan fingerprint density at radius 3 is 2.56 bits per heavy atom. The Morgan fingerprint density at radius 1 is 1.22 bits per heavy atom. The number of nitrogens with zero attached hydrogens (tertiary/aromatic N) is 3. The first-order valence-electron chi connectivity index (χ1n) is 5.76. The highest BCUT2D eigenvalue weighted by Crippen LogP contribution is 2.15. The molecule has 5 nitrogen and oxygen atoms in total. The van der Waals surface area contributed by atoms with E-state index in [1.165, 1.54) is 10.4 Å². The van der Waals surface area contributed by atoms with Crippen LogP contribution in [0.2, 0.25) is 0 Å². The van der Waals surface area contributed by atoms with E-state index in [-0.39, 0.29) is 5.91 Å². The molecule has 1 aromatic heterocycles. The minimum absolute atomic E-state index is 0.219. The molecule has 0 aliphatic rings. The summed E-state index contributed by atoms with van der Waals surface area (Å²) in [5, 5.41) is 11.1. The van der Waals surface area contributed by atoms with Gasteiger partial charge in [0, 0.05) is 7.05 Å². The van der Waals surface area contributed by atoms with E-state index in [4.69, 9.17) is 0 Å². The number of hydrogen-bond donors (Lipinski definition) is 1. The predicted molar refractivity (Wildman–Crippen MR) is 69.0 cm³/mol. The van der Waals surface area contributed by atoms with Crippen LogP contribution in [0.4, 0.5) is 0 Å². The zero-order valence-corrected chi connectivity index (χ0v) is 11.0. The van der Waals surface area contributed by atoms with Crippen molar-refractivity contribution in [1.29, 1.82) is 0 Å². The number of aromatic nitrogens is 3. The molecule has 0 atom stereocenters. The van der Waals surface area contributed by atoms with Crippen molar-refractivity contribution >= 4 is 5.91 Å². The third-order valence-corrected chi connectivity index (χ3v) is 2.79. The Balaban J connectivity index is 2.49. The maximum Gasteiger partial charge on any atom is 0.273 e. The van der Waals surface area contributed by atoms with E-state index >= 15 is 0 Å². The molecule has 2 rings (SSSR count). The number of rotatable bonds is 2. The molecule has 2 aromatic rings. The van der Waals surface area contributed by atoms with Gasteiger partial charge in [0.25, 0.3) is 5.91 Å². The molecule has 1 N–H and O–H groups in total. The molecule has 0 fully saturated rings. The number of benzene rings is 1. The number of nitrogens with one attached hydrogen (secondary N) is 1. The van der Waals surface area contributed by atoms with Crippen LogP contribution in [0.1, 0.15) is 27.3 Å². The minimum Gasteiger partial charge on any atom is -0.354 e. The smallest absolute Gasteiger partial charge is 0.273 e. The third kappa shape index (κ3) is 2.11. The van der Waals surface area contributed by atoms with Gasteiger partial charge in [0.15, 0.2) is 5.69 Å². The van der Waals surface area contributed by atoms with Crippen LogP contribution in [0.25, 0.3) is 5.69 Å². The minimum atomic E-state index is -0.219. The predicted octanol–water partition coefficient (Wildman–Crippen LogP) is 1.55. The van der Waals surface area contributed by atoms with Crippen molar-refractivity contribution < 1.29 is 4.79 Å². The summed E-state index contributed by atoms with van der Waals surface area (Å²) in [5.74, 6) is -0.219. The van der Waals surface area contributed by atoms with Gasteiger partial charge in [-0.1, -0.05) is 17.7 Å². The molecule has 0 aliphatic heterocycles. The zero-order valence-electron chi connectivity index (χ0n) is 11.0. The van der Waals surface area contributed by atoms with Crippen LogP contribution in [-0.4, -0.2) is 27.9 Å². The highest BCUT2D eigenvalue weighted by Gasteiger charge is 2.15. The fraction of sp³-hybridized carbons (Fsp3) is 0.308. The van der Waals surface area contributed by atoms with Gasteiger partial charge in [0.05, 0.1) is 11.4 Å². The number of carbonyl (C=O) groups is 1. The number of carbonyl (C=O) groups excluding carboxylic acids is 1. The highest BCUT2D eigenvalue weighted by atomic mass is 16.1. The molecular weight excluding hydrogens is 228 g/mol. The quantitative estimate of drug-likeness (QED) is 0.872. The number of hydrogen-bond acceptors (Lipinski definition) is 3. The van der Waals surface area contributed by atoms with Gasteiger partial charge < -0.3 is 5.32 Å². The molecule has 0 spiro atoms. The molecule has 5 heteroatoms. The average molecular weight is 244 g/mol. The normalized spacial score (nSPS) is 10.4. The summed E-state index contributed by atoms with van der Waals surface area (Å²) in [6.45, 7) is 5.81. The molecule has 1 heterocycles. The van der Waals surface area contributed by atoms with Crippen molar-refractivity contribution in [2.24, 2.45) is 0 Å². The Bertz CT molecular complexity index is 601. The summed E-state index contributed by atoms with van der Waals surface area (Å²) in [5.41, 5.74) is 4.13. The molecule has 0 radical (unpaired) electrons. The second kappa shape index (κ2) is 4.60. The van der Waals surface area contributed by atoms with Gasteiger partial charge in [0.2, 0.25) is 0 Å². The summed E-state index contributed by atoms with van der Waals surface area (Å²) in [7, 11) is 1.58. The molecule has 0 saturated carbocycles. The lowest BCUT2D eigenvalue weighted by Crippen LogP contribution is -2.19. The van der Waals surface area contributed by atoms with Gasteiger partial charge in [-0.2, -0.15) is 9.90 Å². The van der Waals surface area contributed by atoms with Gasteiger partial charge in [0.1, 0.15) is 0 Å². The first-order chi connectivity index (χ1) is 8.52. The van der Waals surface area contributed by atoms with Crippen LogP contribution >= 0.6 is 0 Å². The lowest BCUT2D eigenvalue weighted by Gasteiger charge is -2.04. The molecule has 18 heavy (non-hydrogen) atoms. The van der Waals surface area contributed by atoms with Crippen molar-refractivity contribution in [3.05, 3.63) is 40.7 Å². The largest absolute Gasteiger partial charge is 0.354 e. The molecule has 0 unspecified atom stereocenters. The van der Waals surface area contributed by atoms with Crippen molar-refractivity contribution in [3.8, 4) is 5.69 Å². The fourth-order valence-electron chi connectivity index (χ4n) is 1.84. The van der Waals surface area contributed by atoms with Gasteiger partial charge in [-0.3, -0.25) is 4.79 Å². The molecule has 0 saturated heterocycles.